The van der Waals surface area contributed by atoms with Gasteiger partial charge in [-0.05, 0) is 30.9 Å². The van der Waals surface area contributed by atoms with Crippen LogP contribution in [-0.2, 0) is 10.0 Å². The van der Waals surface area contributed by atoms with Crippen LogP contribution in [0.25, 0.3) is 0 Å². The highest BCUT2D eigenvalue weighted by atomic mass is 32.2. The molecule has 1 aromatic carbocycles. The summed E-state index contributed by atoms with van der Waals surface area (Å²) in [6, 6.07) is 6.71. The number of rotatable bonds is 5. The van der Waals surface area contributed by atoms with Crippen molar-refractivity contribution in [2.24, 2.45) is 11.8 Å². The van der Waals surface area contributed by atoms with Gasteiger partial charge in [0.15, 0.2) is 0 Å². The molecule has 2 atom stereocenters. The summed E-state index contributed by atoms with van der Waals surface area (Å²) in [6.07, 6.45) is 5.24. The van der Waals surface area contributed by atoms with E-state index in [4.69, 9.17) is 5.84 Å². The monoisotopic (exact) mass is 297 g/mol. The molecule has 0 spiro atoms. The van der Waals surface area contributed by atoms with Crippen molar-refractivity contribution in [3.63, 3.8) is 0 Å². The number of nitrogen functional groups attached to an aromatic ring is 1. The molecular formula is C14H23N3O2S. The smallest absolute Gasteiger partial charge is 0.242 e. The highest BCUT2D eigenvalue weighted by molar-refractivity contribution is 7.89. The van der Waals surface area contributed by atoms with E-state index in [1.54, 1.807) is 24.3 Å². The molecule has 0 aromatic heterocycles. The van der Waals surface area contributed by atoms with Crippen LogP contribution < -0.4 is 16.0 Å². The molecule has 1 aliphatic carbocycles. The first-order valence-corrected chi connectivity index (χ1v) is 8.63. The molecule has 1 saturated carbocycles. The van der Waals surface area contributed by atoms with Gasteiger partial charge in [0.2, 0.25) is 10.0 Å². The maximum atomic E-state index is 12.5. The van der Waals surface area contributed by atoms with E-state index in [9.17, 15) is 8.42 Å². The second-order valence-electron chi connectivity index (χ2n) is 5.40. The molecule has 0 aliphatic heterocycles. The Morgan fingerprint density at radius 1 is 1.30 bits per heavy atom. The third-order valence-corrected chi connectivity index (χ3v) is 5.59. The quantitative estimate of drug-likeness (QED) is 0.575. The third kappa shape index (κ3) is 3.50. The lowest BCUT2D eigenvalue weighted by Gasteiger charge is -2.29. The molecule has 6 heteroatoms. The molecule has 2 rings (SSSR count). The number of nitrogens with one attached hydrogen (secondary N) is 2. The Morgan fingerprint density at radius 2 is 2.05 bits per heavy atom. The Bertz CT molecular complexity index is 545. The Kier molecular flexibility index (Phi) is 5.01. The summed E-state index contributed by atoms with van der Waals surface area (Å²) in [6.45, 7) is 2.16. The molecule has 2 unspecified atom stereocenters. The maximum absolute atomic E-state index is 12.5. The van der Waals surface area contributed by atoms with Crippen molar-refractivity contribution >= 4 is 15.7 Å². The standard InChI is InChI=1S/C14H23N3O2S/c1-2-11-6-5-7-12(10-11)17-20(18,19)14-9-4-3-8-13(14)16-15/h3-4,8-9,11-12,16-17H,2,5-7,10,15H2,1H3. The number of para-hydroxylation sites is 1. The second kappa shape index (κ2) is 6.56. The van der Waals surface area contributed by atoms with E-state index in [1.807, 2.05) is 0 Å². The van der Waals surface area contributed by atoms with Crippen LogP contribution >= 0.6 is 0 Å². The van der Waals surface area contributed by atoms with Gasteiger partial charge >= 0.3 is 0 Å². The fourth-order valence-electron chi connectivity index (χ4n) is 2.87. The van der Waals surface area contributed by atoms with Gasteiger partial charge in [0.1, 0.15) is 4.90 Å². The largest absolute Gasteiger partial charge is 0.323 e. The molecule has 0 bridgehead atoms. The molecule has 0 amide bonds. The molecule has 1 aliphatic rings. The highest BCUT2D eigenvalue weighted by Crippen LogP contribution is 2.28. The zero-order chi connectivity index (χ0) is 14.6. The van der Waals surface area contributed by atoms with E-state index in [0.717, 1.165) is 25.7 Å². The predicted octanol–water partition coefficient (Wildman–Crippen LogP) is 2.22. The van der Waals surface area contributed by atoms with Gasteiger partial charge in [-0.2, -0.15) is 0 Å². The molecular weight excluding hydrogens is 274 g/mol. The van der Waals surface area contributed by atoms with E-state index in [0.29, 0.717) is 11.6 Å². The molecule has 5 nitrogen and oxygen atoms in total. The summed E-state index contributed by atoms with van der Waals surface area (Å²) >= 11 is 0. The molecule has 0 saturated heterocycles. The predicted molar refractivity (Wildman–Crippen MR) is 80.6 cm³/mol. The van der Waals surface area contributed by atoms with Gasteiger partial charge in [0.05, 0.1) is 5.69 Å². The Labute approximate surface area is 121 Å². The zero-order valence-corrected chi connectivity index (χ0v) is 12.6. The second-order valence-corrected chi connectivity index (χ2v) is 7.08. The molecule has 4 N–H and O–H groups in total. The van der Waals surface area contributed by atoms with Crippen LogP contribution in [0.3, 0.4) is 0 Å². The number of hydrazine groups is 1. The third-order valence-electron chi connectivity index (χ3n) is 4.01. The van der Waals surface area contributed by atoms with Gasteiger partial charge in [0, 0.05) is 6.04 Å². The van der Waals surface area contributed by atoms with Gasteiger partial charge in [-0.25, -0.2) is 13.1 Å². The van der Waals surface area contributed by atoms with Crippen LogP contribution in [-0.4, -0.2) is 14.5 Å². The SMILES string of the molecule is CCC1CCCC(NS(=O)(=O)c2ccccc2NN)C1. The Hall–Kier alpha value is -1.11. The highest BCUT2D eigenvalue weighted by Gasteiger charge is 2.26. The van der Waals surface area contributed by atoms with Gasteiger partial charge in [-0.1, -0.05) is 38.3 Å². The number of hydrogen-bond acceptors (Lipinski definition) is 4. The van der Waals surface area contributed by atoms with Crippen LogP contribution in [0.2, 0.25) is 0 Å². The van der Waals surface area contributed by atoms with Gasteiger partial charge < -0.3 is 5.43 Å². The van der Waals surface area contributed by atoms with Gasteiger partial charge in [-0.15, -0.1) is 0 Å². The summed E-state index contributed by atoms with van der Waals surface area (Å²) in [4.78, 5) is 0.209. The summed E-state index contributed by atoms with van der Waals surface area (Å²) in [5.74, 6) is 6.01. The lowest BCUT2D eigenvalue weighted by Crippen LogP contribution is -2.38. The van der Waals surface area contributed by atoms with Crippen molar-refractivity contribution in [3.8, 4) is 0 Å². The topological polar surface area (TPSA) is 84.2 Å². The van der Waals surface area contributed by atoms with E-state index >= 15 is 0 Å². The lowest BCUT2D eigenvalue weighted by atomic mass is 9.85. The minimum absolute atomic E-state index is 0.0320. The summed E-state index contributed by atoms with van der Waals surface area (Å²) in [7, 11) is -3.53. The van der Waals surface area contributed by atoms with E-state index < -0.39 is 10.0 Å². The maximum Gasteiger partial charge on any atom is 0.242 e. The van der Waals surface area contributed by atoms with Crippen molar-refractivity contribution in [3.05, 3.63) is 24.3 Å². The average molecular weight is 297 g/mol. The number of benzene rings is 1. The first kappa shape index (κ1) is 15.3. The first-order chi connectivity index (χ1) is 9.56. The fourth-order valence-corrected chi connectivity index (χ4v) is 4.33. The minimum atomic E-state index is -3.53. The first-order valence-electron chi connectivity index (χ1n) is 7.14. The Morgan fingerprint density at radius 3 is 2.75 bits per heavy atom. The molecule has 1 fully saturated rings. The molecule has 0 heterocycles. The molecule has 112 valence electrons. The van der Waals surface area contributed by atoms with E-state index in [2.05, 4.69) is 17.1 Å². The van der Waals surface area contributed by atoms with E-state index in [-0.39, 0.29) is 10.9 Å². The van der Waals surface area contributed by atoms with Crippen LogP contribution in [0.15, 0.2) is 29.2 Å². The summed E-state index contributed by atoms with van der Waals surface area (Å²) < 4.78 is 27.8. The fraction of sp³-hybridized carbons (Fsp3) is 0.571. The molecule has 0 radical (unpaired) electrons. The van der Waals surface area contributed by atoms with Gasteiger partial charge in [0.25, 0.3) is 0 Å². The minimum Gasteiger partial charge on any atom is -0.323 e. The van der Waals surface area contributed by atoms with Crippen molar-refractivity contribution in [1.82, 2.24) is 4.72 Å². The number of hydrogen-bond donors (Lipinski definition) is 3. The molecule has 20 heavy (non-hydrogen) atoms. The van der Waals surface area contributed by atoms with Crippen molar-refractivity contribution in [1.29, 1.82) is 0 Å². The Balaban J connectivity index is 2.14. The van der Waals surface area contributed by atoms with Crippen molar-refractivity contribution in [2.75, 3.05) is 5.43 Å². The summed E-state index contributed by atoms with van der Waals surface area (Å²) in [5.41, 5.74) is 2.86. The van der Waals surface area contributed by atoms with Crippen LogP contribution in [0.4, 0.5) is 5.69 Å². The number of nitrogens with two attached hydrogens (primary N) is 1. The normalized spacial score (nSPS) is 23.5. The number of anilines is 1. The zero-order valence-electron chi connectivity index (χ0n) is 11.8. The van der Waals surface area contributed by atoms with Crippen molar-refractivity contribution in [2.45, 2.75) is 50.0 Å². The van der Waals surface area contributed by atoms with Gasteiger partial charge in [-0.3, -0.25) is 5.84 Å². The van der Waals surface area contributed by atoms with Crippen LogP contribution in [0, 0.1) is 5.92 Å². The molecule has 1 aromatic rings. The van der Waals surface area contributed by atoms with Crippen molar-refractivity contribution < 1.29 is 8.42 Å². The van der Waals surface area contributed by atoms with Crippen LogP contribution in [0.5, 0.6) is 0 Å². The summed E-state index contributed by atoms with van der Waals surface area (Å²) in [5, 5.41) is 0. The van der Waals surface area contributed by atoms with Crippen LogP contribution in [0.1, 0.15) is 39.0 Å². The van der Waals surface area contributed by atoms with E-state index in [1.165, 1.54) is 6.42 Å². The number of sulfonamides is 1. The lowest BCUT2D eigenvalue weighted by molar-refractivity contribution is 0.301. The average Bonchev–Trinajstić information content (AvgIpc) is 2.47.